The maximum atomic E-state index is 13.3. The molecule has 1 aliphatic carbocycles. The Hall–Kier alpha value is -2.99. The lowest BCUT2D eigenvalue weighted by Crippen LogP contribution is -2.34. The molecule has 1 fully saturated rings. The second-order valence-electron chi connectivity index (χ2n) is 7.78. The summed E-state index contributed by atoms with van der Waals surface area (Å²) in [5.41, 5.74) is 3.37. The summed E-state index contributed by atoms with van der Waals surface area (Å²) in [7, 11) is 1.68. The van der Waals surface area contributed by atoms with Gasteiger partial charge in [-0.2, -0.15) is 0 Å². The standard InChI is InChI=1S/C24H24ClFN4O/c1-27-23(31)16-7-11-20(12-8-16)29-24-28-14-21(25)22(30-24)18-4-2-3-17(13-18)15-5-9-19(26)10-6-15/h2-6,9-10,13-14,16,20H,7-8,11-12H2,1H3,(H,27,31)(H,28,29,30)/t16-,20-. The zero-order valence-electron chi connectivity index (χ0n) is 17.2. The third kappa shape index (κ3) is 5.02. The minimum absolute atomic E-state index is 0.0824. The molecule has 0 saturated heterocycles. The predicted octanol–water partition coefficient (Wildman–Crippen LogP) is 5.32. The molecule has 4 rings (SSSR count). The van der Waals surface area contributed by atoms with Crippen LogP contribution in [0.5, 0.6) is 0 Å². The fraction of sp³-hybridized carbons (Fsp3) is 0.292. The molecule has 1 aromatic heterocycles. The second-order valence-corrected chi connectivity index (χ2v) is 8.19. The van der Waals surface area contributed by atoms with Crippen molar-refractivity contribution in [3.63, 3.8) is 0 Å². The van der Waals surface area contributed by atoms with Crippen molar-refractivity contribution in [3.8, 4) is 22.4 Å². The lowest BCUT2D eigenvalue weighted by molar-refractivity contribution is -0.125. The molecule has 5 nitrogen and oxygen atoms in total. The molecule has 0 radical (unpaired) electrons. The van der Waals surface area contributed by atoms with Gasteiger partial charge in [-0.3, -0.25) is 4.79 Å². The third-order valence-electron chi connectivity index (χ3n) is 5.74. The van der Waals surface area contributed by atoms with Crippen LogP contribution in [0.1, 0.15) is 25.7 Å². The van der Waals surface area contributed by atoms with Gasteiger partial charge in [0, 0.05) is 24.6 Å². The van der Waals surface area contributed by atoms with Crippen LogP contribution in [0.2, 0.25) is 5.02 Å². The lowest BCUT2D eigenvalue weighted by atomic mass is 9.85. The van der Waals surface area contributed by atoms with Gasteiger partial charge < -0.3 is 10.6 Å². The van der Waals surface area contributed by atoms with E-state index in [0.29, 0.717) is 16.7 Å². The quantitative estimate of drug-likeness (QED) is 0.565. The summed E-state index contributed by atoms with van der Waals surface area (Å²) in [4.78, 5) is 20.8. The zero-order valence-corrected chi connectivity index (χ0v) is 18.0. The van der Waals surface area contributed by atoms with Crippen LogP contribution in [-0.4, -0.2) is 29.0 Å². The largest absolute Gasteiger partial charge is 0.359 e. The summed E-state index contributed by atoms with van der Waals surface area (Å²) in [6, 6.07) is 14.4. The lowest BCUT2D eigenvalue weighted by Gasteiger charge is -2.28. The molecule has 1 aliphatic rings. The van der Waals surface area contributed by atoms with Crippen LogP contribution in [0, 0.1) is 11.7 Å². The number of anilines is 1. The Bertz CT molecular complexity index is 1070. The second kappa shape index (κ2) is 9.43. The molecule has 3 aromatic rings. The summed E-state index contributed by atoms with van der Waals surface area (Å²) >= 11 is 6.42. The molecule has 2 aromatic carbocycles. The number of nitrogens with zero attached hydrogens (tertiary/aromatic N) is 2. The number of amides is 1. The van der Waals surface area contributed by atoms with Crippen molar-refractivity contribution in [2.24, 2.45) is 5.92 Å². The highest BCUT2D eigenvalue weighted by Gasteiger charge is 2.26. The zero-order chi connectivity index (χ0) is 21.8. The molecule has 31 heavy (non-hydrogen) atoms. The summed E-state index contributed by atoms with van der Waals surface area (Å²) < 4.78 is 13.3. The van der Waals surface area contributed by atoms with E-state index in [1.807, 2.05) is 24.3 Å². The monoisotopic (exact) mass is 438 g/mol. The van der Waals surface area contributed by atoms with E-state index in [1.54, 1.807) is 25.4 Å². The number of carbonyl (C=O) groups is 1. The summed E-state index contributed by atoms with van der Waals surface area (Å²) in [5, 5.41) is 6.59. The number of benzene rings is 2. The van der Waals surface area contributed by atoms with Crippen molar-refractivity contribution in [1.82, 2.24) is 15.3 Å². The number of rotatable bonds is 5. The smallest absolute Gasteiger partial charge is 0.223 e. The summed E-state index contributed by atoms with van der Waals surface area (Å²) in [5.74, 6) is 0.456. The van der Waals surface area contributed by atoms with Crippen molar-refractivity contribution in [3.05, 3.63) is 65.6 Å². The number of carbonyl (C=O) groups excluding carboxylic acids is 1. The average Bonchev–Trinajstić information content (AvgIpc) is 2.81. The van der Waals surface area contributed by atoms with Gasteiger partial charge in [-0.25, -0.2) is 14.4 Å². The van der Waals surface area contributed by atoms with Gasteiger partial charge in [0.2, 0.25) is 11.9 Å². The van der Waals surface area contributed by atoms with Crippen LogP contribution >= 0.6 is 11.6 Å². The van der Waals surface area contributed by atoms with Gasteiger partial charge in [-0.15, -0.1) is 0 Å². The molecule has 0 aliphatic heterocycles. The molecule has 1 saturated carbocycles. The topological polar surface area (TPSA) is 66.9 Å². The first-order valence-corrected chi connectivity index (χ1v) is 10.8. The molecule has 0 atom stereocenters. The van der Waals surface area contributed by atoms with Crippen LogP contribution in [0.3, 0.4) is 0 Å². The van der Waals surface area contributed by atoms with E-state index >= 15 is 0 Å². The van der Waals surface area contributed by atoms with Crippen LogP contribution < -0.4 is 10.6 Å². The third-order valence-corrected chi connectivity index (χ3v) is 6.01. The fourth-order valence-corrected chi connectivity index (χ4v) is 4.21. The maximum Gasteiger partial charge on any atom is 0.223 e. The SMILES string of the molecule is CNC(=O)[C@H]1CC[C@H](Nc2ncc(Cl)c(-c3cccc(-c4ccc(F)cc4)c3)n2)CC1. The van der Waals surface area contributed by atoms with Gasteiger partial charge >= 0.3 is 0 Å². The van der Waals surface area contributed by atoms with E-state index in [2.05, 4.69) is 20.6 Å². The van der Waals surface area contributed by atoms with Crippen LogP contribution in [0.25, 0.3) is 22.4 Å². The Morgan fingerprint density at radius 3 is 2.45 bits per heavy atom. The minimum atomic E-state index is -0.265. The molecule has 0 unspecified atom stereocenters. The van der Waals surface area contributed by atoms with E-state index in [4.69, 9.17) is 11.6 Å². The summed E-state index contributed by atoms with van der Waals surface area (Å²) in [6.07, 6.45) is 5.07. The van der Waals surface area contributed by atoms with E-state index in [0.717, 1.165) is 42.4 Å². The molecule has 1 heterocycles. The van der Waals surface area contributed by atoms with Crippen molar-refractivity contribution >= 4 is 23.5 Å². The van der Waals surface area contributed by atoms with E-state index < -0.39 is 0 Å². The predicted molar refractivity (Wildman–Crippen MR) is 121 cm³/mol. The number of hydrogen-bond acceptors (Lipinski definition) is 4. The van der Waals surface area contributed by atoms with Crippen molar-refractivity contribution < 1.29 is 9.18 Å². The minimum Gasteiger partial charge on any atom is -0.359 e. The normalized spacial score (nSPS) is 18.4. The highest BCUT2D eigenvalue weighted by molar-refractivity contribution is 6.32. The molecular formula is C24H24ClFN4O. The maximum absolute atomic E-state index is 13.3. The van der Waals surface area contributed by atoms with Gasteiger partial charge in [0.05, 0.1) is 16.9 Å². The Balaban J connectivity index is 1.52. The Labute approximate surface area is 186 Å². The molecular weight excluding hydrogens is 415 g/mol. The Morgan fingerprint density at radius 2 is 1.74 bits per heavy atom. The number of halogens is 2. The van der Waals surface area contributed by atoms with Gasteiger partial charge in [0.15, 0.2) is 0 Å². The van der Waals surface area contributed by atoms with Crippen LogP contribution in [0.4, 0.5) is 10.3 Å². The first-order chi connectivity index (χ1) is 15.0. The first kappa shape index (κ1) is 21.2. The molecule has 7 heteroatoms. The molecule has 0 bridgehead atoms. The van der Waals surface area contributed by atoms with Crippen molar-refractivity contribution in [1.29, 1.82) is 0 Å². The van der Waals surface area contributed by atoms with Gasteiger partial charge in [-0.05, 0) is 55.0 Å². The van der Waals surface area contributed by atoms with E-state index in [-0.39, 0.29) is 23.7 Å². The van der Waals surface area contributed by atoms with Crippen LogP contribution in [0.15, 0.2) is 54.7 Å². The molecule has 1 amide bonds. The van der Waals surface area contributed by atoms with E-state index in [1.165, 1.54) is 12.1 Å². The molecule has 160 valence electrons. The van der Waals surface area contributed by atoms with Gasteiger partial charge in [-0.1, -0.05) is 41.9 Å². The average molecular weight is 439 g/mol. The van der Waals surface area contributed by atoms with Gasteiger partial charge in [0.1, 0.15) is 5.82 Å². The first-order valence-electron chi connectivity index (χ1n) is 10.4. The molecule has 0 spiro atoms. The van der Waals surface area contributed by atoms with Gasteiger partial charge in [0.25, 0.3) is 0 Å². The summed E-state index contributed by atoms with van der Waals surface area (Å²) in [6.45, 7) is 0. The number of hydrogen-bond donors (Lipinski definition) is 2. The molecule has 2 N–H and O–H groups in total. The van der Waals surface area contributed by atoms with Crippen molar-refractivity contribution in [2.45, 2.75) is 31.7 Å². The van der Waals surface area contributed by atoms with Crippen LogP contribution in [-0.2, 0) is 4.79 Å². The van der Waals surface area contributed by atoms with E-state index in [9.17, 15) is 9.18 Å². The number of nitrogens with one attached hydrogen (secondary N) is 2. The Morgan fingerprint density at radius 1 is 1.03 bits per heavy atom. The van der Waals surface area contributed by atoms with Crippen molar-refractivity contribution in [2.75, 3.05) is 12.4 Å². The highest BCUT2D eigenvalue weighted by atomic mass is 35.5. The highest BCUT2D eigenvalue weighted by Crippen LogP contribution is 2.31. The fourth-order valence-electron chi connectivity index (χ4n) is 4.01. The Kier molecular flexibility index (Phi) is 6.47. The number of aromatic nitrogens is 2.